The van der Waals surface area contributed by atoms with E-state index >= 15 is 0 Å². The molecule has 0 atom stereocenters. The van der Waals surface area contributed by atoms with Crippen LogP contribution in [0.5, 0.6) is 5.75 Å². The maximum Gasteiger partial charge on any atom is 1.00 e. The molecule has 0 unspecified atom stereocenters. The van der Waals surface area contributed by atoms with Crippen molar-refractivity contribution >= 4 is 65.3 Å². The topological polar surface area (TPSA) is 196 Å². The first-order chi connectivity index (χ1) is 25.5. The first kappa shape index (κ1) is 44.4. The maximum absolute atomic E-state index is 13.5. The first-order valence-electron chi connectivity index (χ1n) is 18.4. The van der Waals surface area contributed by atoms with Crippen molar-refractivity contribution in [3.05, 3.63) is 74.4 Å². The molecule has 2 aromatic carbocycles. The van der Waals surface area contributed by atoms with Crippen LogP contribution in [0.25, 0.3) is 28.0 Å². The van der Waals surface area contributed by atoms with Gasteiger partial charge in [-0.3, -0.25) is 9.11 Å². The van der Waals surface area contributed by atoms with Crippen LogP contribution >= 0.6 is 0 Å². The van der Waals surface area contributed by atoms with E-state index in [4.69, 9.17) is 8.83 Å². The number of allylic oxidation sites excluding steroid dienone is 1. The average molecular weight is 810 g/mol. The number of fused-ring (bicyclic) bond motifs is 4. The Bertz CT molecular complexity index is 2450. The average Bonchev–Trinajstić information content (AvgIpc) is 3.30. The van der Waals surface area contributed by atoms with Gasteiger partial charge in [-0.25, -0.2) is 9.59 Å². The van der Waals surface area contributed by atoms with E-state index in [-0.39, 0.29) is 71.0 Å². The SMILES string of the molecule is CCCCCCN(CCCCCC)c1ccc2c(c1)oc(=O)c1c(O)c(/C=C/C3=[N+](CCCS(=O)(=O)O)c4ccc(S(=O)(=O)O)cc4C3(C)C)c(=O)oc12.[H-].[Na+]. The van der Waals surface area contributed by atoms with Gasteiger partial charge in [-0.1, -0.05) is 52.4 Å². The molecule has 0 bridgehead atoms. The molecular formula is C39H50N2NaO11S2+. The quantitative estimate of drug-likeness (QED) is 0.0323. The van der Waals surface area contributed by atoms with E-state index < -0.39 is 48.4 Å². The molecule has 55 heavy (non-hydrogen) atoms. The van der Waals surface area contributed by atoms with E-state index in [2.05, 4.69) is 18.7 Å². The predicted molar refractivity (Wildman–Crippen MR) is 211 cm³/mol. The summed E-state index contributed by atoms with van der Waals surface area (Å²) < 4.78 is 79.1. The van der Waals surface area contributed by atoms with E-state index in [1.807, 2.05) is 6.07 Å². The van der Waals surface area contributed by atoms with Crippen molar-refractivity contribution in [3.8, 4) is 5.75 Å². The normalized spacial score (nSPS) is 14.2. The molecule has 0 spiro atoms. The molecule has 0 saturated carbocycles. The molecule has 0 fully saturated rings. The molecule has 4 aromatic rings. The van der Waals surface area contributed by atoms with Crippen LogP contribution in [0.1, 0.15) is 98.0 Å². The number of benzene rings is 2. The third-order valence-corrected chi connectivity index (χ3v) is 11.7. The molecule has 3 N–H and O–H groups in total. The van der Waals surface area contributed by atoms with E-state index in [1.165, 1.54) is 30.4 Å². The zero-order valence-electron chi connectivity index (χ0n) is 33.1. The minimum Gasteiger partial charge on any atom is -1.00 e. The summed E-state index contributed by atoms with van der Waals surface area (Å²) in [6.07, 6.45) is 11.6. The van der Waals surface area contributed by atoms with Crippen molar-refractivity contribution in [2.75, 3.05) is 30.3 Å². The van der Waals surface area contributed by atoms with Crippen molar-refractivity contribution in [2.24, 2.45) is 0 Å². The third-order valence-electron chi connectivity index (χ3n) is 10.0. The number of unbranched alkanes of at least 4 members (excludes halogenated alkanes) is 6. The Hall–Kier alpha value is -3.31. The molecule has 0 saturated heterocycles. The Morgan fingerprint density at radius 3 is 2.09 bits per heavy atom. The molecule has 294 valence electrons. The fraction of sp³-hybridized carbons (Fsp3) is 0.462. The molecule has 0 aliphatic carbocycles. The van der Waals surface area contributed by atoms with Gasteiger partial charge in [-0.05, 0) is 57.0 Å². The summed E-state index contributed by atoms with van der Waals surface area (Å²) in [5, 5.41) is 11.4. The first-order valence-corrected chi connectivity index (χ1v) is 21.4. The largest absolute Gasteiger partial charge is 1.00 e. The zero-order chi connectivity index (χ0) is 39.4. The van der Waals surface area contributed by atoms with Crippen LogP contribution in [0.4, 0.5) is 11.4 Å². The molecule has 2 aromatic heterocycles. The van der Waals surface area contributed by atoms with Gasteiger partial charge in [-0.2, -0.15) is 21.4 Å². The summed E-state index contributed by atoms with van der Waals surface area (Å²) in [6.45, 7) is 9.62. The Balaban J connectivity index is 0.00000420. The predicted octanol–water partition coefficient (Wildman–Crippen LogP) is 4.30. The van der Waals surface area contributed by atoms with Crippen LogP contribution in [-0.2, 0) is 25.7 Å². The van der Waals surface area contributed by atoms with Crippen LogP contribution in [-0.4, -0.2) is 66.7 Å². The fourth-order valence-corrected chi connectivity index (χ4v) is 8.15. The Labute approximate surface area is 345 Å². The van der Waals surface area contributed by atoms with Gasteiger partial charge in [0.25, 0.3) is 20.2 Å². The summed E-state index contributed by atoms with van der Waals surface area (Å²) in [6, 6.07) is 9.37. The number of hydrogen-bond donors (Lipinski definition) is 3. The van der Waals surface area contributed by atoms with Crippen LogP contribution in [0.2, 0.25) is 0 Å². The molecule has 13 nitrogen and oxygen atoms in total. The van der Waals surface area contributed by atoms with Gasteiger partial charge in [0.15, 0.2) is 11.3 Å². The van der Waals surface area contributed by atoms with E-state index in [0.717, 1.165) is 70.1 Å². The number of rotatable bonds is 18. The Morgan fingerprint density at radius 2 is 1.49 bits per heavy atom. The number of nitrogens with zero attached hydrogens (tertiary/aromatic N) is 2. The van der Waals surface area contributed by atoms with Crippen molar-refractivity contribution in [1.82, 2.24) is 0 Å². The molecule has 1 aliphatic heterocycles. The number of anilines is 1. The van der Waals surface area contributed by atoms with Crippen LogP contribution in [0.15, 0.2) is 65.8 Å². The standard InChI is InChI=1S/C39H48N2O11S2.Na.H/c1-5-7-9-11-20-40(21-12-10-8-6-2)26-14-16-28-32(24-26)51-38(44)34-35(42)29(37(43)52-36(28)34)17-19-33-39(3,4)30-25-27(54(48,49)50)15-18-31(30)41(33)22-13-23-53(45,46)47;;/h14-19,24-25H,5-13,20-23H2,1-4H3,(H2,45,46,47,48,49,50);;/q;+1;-1/p+1. The van der Waals surface area contributed by atoms with Crippen LogP contribution in [0, 0.1) is 0 Å². The number of aromatic hydroxyl groups is 1. The fourth-order valence-electron chi connectivity index (χ4n) is 7.15. The monoisotopic (exact) mass is 809 g/mol. The van der Waals surface area contributed by atoms with Gasteiger partial charge < -0.3 is 20.3 Å². The second kappa shape index (κ2) is 18.3. The molecule has 0 amide bonds. The Kier molecular flexibility index (Phi) is 14.8. The summed E-state index contributed by atoms with van der Waals surface area (Å²) in [5.74, 6) is -1.19. The smallest absolute Gasteiger partial charge is 1.00 e. The maximum atomic E-state index is 13.5. The minimum atomic E-state index is -4.56. The minimum absolute atomic E-state index is 0. The second-order valence-electron chi connectivity index (χ2n) is 14.3. The second-order valence-corrected chi connectivity index (χ2v) is 17.3. The molecule has 0 radical (unpaired) electrons. The molecule has 3 heterocycles. The van der Waals surface area contributed by atoms with E-state index in [1.54, 1.807) is 30.6 Å². The third kappa shape index (κ3) is 10.2. The van der Waals surface area contributed by atoms with Gasteiger partial charge >= 0.3 is 40.8 Å². The van der Waals surface area contributed by atoms with E-state index in [9.17, 15) is 40.6 Å². The number of hydrogen-bond acceptors (Lipinski definition) is 10. The van der Waals surface area contributed by atoms with Gasteiger partial charge in [0.1, 0.15) is 28.8 Å². The molecule has 5 rings (SSSR count). The van der Waals surface area contributed by atoms with Crippen molar-refractivity contribution in [1.29, 1.82) is 0 Å². The van der Waals surface area contributed by atoms with Gasteiger partial charge in [0.05, 0.1) is 21.4 Å². The van der Waals surface area contributed by atoms with Crippen molar-refractivity contribution in [3.63, 3.8) is 0 Å². The summed E-state index contributed by atoms with van der Waals surface area (Å²) in [5.41, 5.74) is -0.705. The molecule has 16 heteroatoms. The molecular weight excluding hydrogens is 760 g/mol. The summed E-state index contributed by atoms with van der Waals surface area (Å²) >= 11 is 0. The van der Waals surface area contributed by atoms with Crippen LogP contribution in [0.3, 0.4) is 0 Å². The Morgan fingerprint density at radius 1 is 0.836 bits per heavy atom. The van der Waals surface area contributed by atoms with Gasteiger partial charge in [0.2, 0.25) is 5.69 Å². The summed E-state index contributed by atoms with van der Waals surface area (Å²) in [7, 11) is -8.84. The van der Waals surface area contributed by atoms with Gasteiger partial charge in [-0.15, -0.1) is 0 Å². The van der Waals surface area contributed by atoms with Crippen molar-refractivity contribution < 1.29 is 75.4 Å². The molecule has 1 aliphatic rings. The van der Waals surface area contributed by atoms with Gasteiger partial charge in [0, 0.05) is 49.0 Å². The van der Waals surface area contributed by atoms with E-state index in [0.29, 0.717) is 22.3 Å². The van der Waals surface area contributed by atoms with Crippen LogP contribution < -0.4 is 45.7 Å². The zero-order valence-corrected chi connectivity index (χ0v) is 35.8. The summed E-state index contributed by atoms with van der Waals surface area (Å²) in [4.78, 5) is 28.9. The van der Waals surface area contributed by atoms with Crippen molar-refractivity contribution in [2.45, 2.75) is 95.8 Å².